The summed E-state index contributed by atoms with van der Waals surface area (Å²) in [5.74, 6) is -2.43. The topological polar surface area (TPSA) is 38.3 Å². The Morgan fingerprint density at radius 1 is 1.22 bits per heavy atom. The number of ether oxygens (including phenoxy) is 1. The highest BCUT2D eigenvalue weighted by Gasteiger charge is 2.48. The Kier molecular flexibility index (Phi) is 3.29. The number of carbonyl (C=O) groups excluding carboxylic acids is 1. The first-order chi connectivity index (χ1) is 8.14. The number of halogens is 3. The predicted octanol–water partition coefficient (Wildman–Crippen LogP) is 2.14. The summed E-state index contributed by atoms with van der Waals surface area (Å²) in [6.45, 7) is 1.26. The van der Waals surface area contributed by atoms with Crippen molar-refractivity contribution in [2.24, 2.45) is 0 Å². The van der Waals surface area contributed by atoms with Crippen molar-refractivity contribution in [1.82, 2.24) is 5.32 Å². The second kappa shape index (κ2) is 4.48. The molecule has 2 heterocycles. The molecule has 1 saturated heterocycles. The van der Waals surface area contributed by atoms with Crippen LogP contribution in [0.4, 0.5) is 8.78 Å². The zero-order valence-corrected chi connectivity index (χ0v) is 10.3. The molecule has 0 atom stereocenters. The lowest BCUT2D eigenvalue weighted by atomic mass is 9.84. The van der Waals surface area contributed by atoms with E-state index in [9.17, 15) is 13.6 Å². The van der Waals surface area contributed by atoms with Gasteiger partial charge < -0.3 is 10.1 Å². The first kappa shape index (κ1) is 13.2. The average molecular weight is 276 g/mol. The minimum atomic E-state index is -0.968. The summed E-state index contributed by atoms with van der Waals surface area (Å²) in [5.41, 5.74) is -0.709. The molecule has 1 spiro atoms. The molecule has 3 nitrogen and oxygen atoms in total. The number of nitrogens with one attached hydrogen (secondary N) is 1. The Balaban J connectivity index is 0.00000120. The van der Waals surface area contributed by atoms with E-state index in [4.69, 9.17) is 4.74 Å². The van der Waals surface area contributed by atoms with Crippen molar-refractivity contribution in [2.75, 3.05) is 13.1 Å². The van der Waals surface area contributed by atoms with E-state index in [1.54, 1.807) is 0 Å². The van der Waals surface area contributed by atoms with E-state index in [1.165, 1.54) is 6.07 Å². The normalized spacial score (nSPS) is 20.2. The Morgan fingerprint density at radius 2 is 1.89 bits per heavy atom. The second-order valence-electron chi connectivity index (χ2n) is 4.42. The molecule has 0 aromatic heterocycles. The molecule has 98 valence electrons. The van der Waals surface area contributed by atoms with Crippen LogP contribution in [-0.4, -0.2) is 19.1 Å². The molecule has 2 aliphatic heterocycles. The highest BCUT2D eigenvalue weighted by atomic mass is 35.5. The molecule has 3 rings (SSSR count). The van der Waals surface area contributed by atoms with Gasteiger partial charge in [-0.3, -0.25) is 0 Å². The third-order valence-corrected chi connectivity index (χ3v) is 3.47. The fraction of sp³-hybridized carbons (Fsp3) is 0.417. The molecule has 0 saturated carbocycles. The first-order valence-corrected chi connectivity index (χ1v) is 5.57. The molecule has 1 aromatic rings. The van der Waals surface area contributed by atoms with Crippen LogP contribution in [0.2, 0.25) is 0 Å². The number of hydrogen-bond donors (Lipinski definition) is 1. The monoisotopic (exact) mass is 275 g/mol. The minimum Gasteiger partial charge on any atom is -0.450 e. The summed E-state index contributed by atoms with van der Waals surface area (Å²) in [5, 5.41) is 3.11. The molecule has 1 N–H and O–H groups in total. The number of carbonyl (C=O) groups is 1. The molecule has 2 aliphatic rings. The van der Waals surface area contributed by atoms with Gasteiger partial charge in [-0.1, -0.05) is 0 Å². The van der Waals surface area contributed by atoms with Gasteiger partial charge in [-0.15, -0.1) is 12.4 Å². The van der Waals surface area contributed by atoms with Crippen LogP contribution in [0, 0.1) is 11.6 Å². The molecule has 0 amide bonds. The standard InChI is InChI=1S/C12H11F2NO2.ClH/c13-8-2-1-7-9(10(8)14)12(17-11(7)16)3-5-15-6-4-12;/h1-2,15H,3-6H2;1H. The largest absolute Gasteiger partial charge is 0.450 e. The summed E-state index contributed by atoms with van der Waals surface area (Å²) < 4.78 is 32.5. The zero-order valence-electron chi connectivity index (χ0n) is 9.46. The quantitative estimate of drug-likeness (QED) is 0.737. The Morgan fingerprint density at radius 3 is 2.56 bits per heavy atom. The van der Waals surface area contributed by atoms with Crippen molar-refractivity contribution in [2.45, 2.75) is 18.4 Å². The van der Waals surface area contributed by atoms with Crippen LogP contribution in [-0.2, 0) is 10.3 Å². The SMILES string of the molecule is Cl.O=C1OC2(CCNCC2)c2c1ccc(F)c2F. The molecule has 0 bridgehead atoms. The van der Waals surface area contributed by atoms with Gasteiger partial charge in [-0.25, -0.2) is 13.6 Å². The van der Waals surface area contributed by atoms with Crippen molar-refractivity contribution < 1.29 is 18.3 Å². The van der Waals surface area contributed by atoms with Gasteiger partial charge in [-0.05, 0) is 25.2 Å². The Bertz CT molecular complexity index is 501. The van der Waals surface area contributed by atoms with Gasteiger partial charge in [0.1, 0.15) is 5.60 Å². The lowest BCUT2D eigenvalue weighted by molar-refractivity contribution is -0.0257. The maximum atomic E-state index is 13.9. The van der Waals surface area contributed by atoms with E-state index in [0.717, 1.165) is 6.07 Å². The molecular formula is C12H12ClF2NO2. The first-order valence-electron chi connectivity index (χ1n) is 5.57. The summed E-state index contributed by atoms with van der Waals surface area (Å²) in [4.78, 5) is 11.7. The van der Waals surface area contributed by atoms with Crippen molar-refractivity contribution in [3.63, 3.8) is 0 Å². The third-order valence-electron chi connectivity index (χ3n) is 3.47. The van der Waals surface area contributed by atoms with Crippen LogP contribution in [0.5, 0.6) is 0 Å². The van der Waals surface area contributed by atoms with E-state index in [2.05, 4.69) is 5.32 Å². The van der Waals surface area contributed by atoms with Crippen molar-refractivity contribution in [3.05, 3.63) is 34.9 Å². The Labute approximate surface area is 109 Å². The van der Waals surface area contributed by atoms with Gasteiger partial charge in [0.15, 0.2) is 11.6 Å². The van der Waals surface area contributed by atoms with Gasteiger partial charge >= 0.3 is 5.97 Å². The number of fused-ring (bicyclic) bond motifs is 2. The van der Waals surface area contributed by atoms with Gasteiger partial charge in [0.25, 0.3) is 0 Å². The van der Waals surface area contributed by atoms with E-state index >= 15 is 0 Å². The van der Waals surface area contributed by atoms with Crippen LogP contribution < -0.4 is 5.32 Å². The van der Waals surface area contributed by atoms with Crippen LogP contribution in [0.15, 0.2) is 12.1 Å². The zero-order chi connectivity index (χ0) is 12.0. The van der Waals surface area contributed by atoms with Gasteiger partial charge in [0.05, 0.1) is 5.56 Å². The lowest BCUT2D eigenvalue weighted by Gasteiger charge is -2.33. The molecular weight excluding hydrogens is 264 g/mol. The Hall–Kier alpha value is -1.20. The summed E-state index contributed by atoms with van der Waals surface area (Å²) >= 11 is 0. The predicted molar refractivity (Wildman–Crippen MR) is 62.8 cm³/mol. The third kappa shape index (κ3) is 1.69. The lowest BCUT2D eigenvalue weighted by Crippen LogP contribution is -2.40. The molecule has 1 fully saturated rings. The number of piperidine rings is 1. The number of benzene rings is 1. The van der Waals surface area contributed by atoms with Gasteiger partial charge in [0.2, 0.25) is 0 Å². The number of esters is 1. The van der Waals surface area contributed by atoms with Crippen LogP contribution >= 0.6 is 12.4 Å². The summed E-state index contributed by atoms with van der Waals surface area (Å²) in [7, 11) is 0. The maximum Gasteiger partial charge on any atom is 0.339 e. The van der Waals surface area contributed by atoms with Crippen LogP contribution in [0.1, 0.15) is 28.8 Å². The highest BCUT2D eigenvalue weighted by molar-refractivity contribution is 5.94. The fourth-order valence-electron chi connectivity index (χ4n) is 2.63. The van der Waals surface area contributed by atoms with Crippen molar-refractivity contribution in [1.29, 1.82) is 0 Å². The van der Waals surface area contributed by atoms with Gasteiger partial charge in [0, 0.05) is 18.4 Å². The number of hydrogen-bond acceptors (Lipinski definition) is 3. The molecule has 1 aromatic carbocycles. The summed E-state index contributed by atoms with van der Waals surface area (Å²) in [6, 6.07) is 2.27. The van der Waals surface area contributed by atoms with E-state index in [1.807, 2.05) is 0 Å². The molecule has 0 unspecified atom stereocenters. The van der Waals surface area contributed by atoms with E-state index in [0.29, 0.717) is 25.9 Å². The maximum absolute atomic E-state index is 13.9. The molecule has 18 heavy (non-hydrogen) atoms. The van der Waals surface area contributed by atoms with Crippen molar-refractivity contribution >= 4 is 18.4 Å². The van der Waals surface area contributed by atoms with E-state index in [-0.39, 0.29) is 23.5 Å². The van der Waals surface area contributed by atoms with Gasteiger partial charge in [-0.2, -0.15) is 0 Å². The fourth-order valence-corrected chi connectivity index (χ4v) is 2.63. The average Bonchev–Trinajstić information content (AvgIpc) is 2.58. The smallest absolute Gasteiger partial charge is 0.339 e. The highest BCUT2D eigenvalue weighted by Crippen LogP contribution is 2.44. The van der Waals surface area contributed by atoms with Crippen LogP contribution in [0.25, 0.3) is 0 Å². The molecule has 0 aliphatic carbocycles. The van der Waals surface area contributed by atoms with Crippen molar-refractivity contribution in [3.8, 4) is 0 Å². The number of rotatable bonds is 0. The second-order valence-corrected chi connectivity index (χ2v) is 4.42. The molecule has 0 radical (unpaired) electrons. The van der Waals surface area contributed by atoms with E-state index < -0.39 is 23.2 Å². The summed E-state index contributed by atoms with van der Waals surface area (Å²) in [6.07, 6.45) is 0.957. The molecule has 6 heteroatoms. The minimum absolute atomic E-state index is 0. The van der Waals surface area contributed by atoms with Crippen LogP contribution in [0.3, 0.4) is 0 Å².